The third-order valence-electron chi connectivity index (χ3n) is 7.99. The first-order chi connectivity index (χ1) is 17.8. The number of rotatable bonds is 7. The van der Waals surface area contributed by atoms with Crippen molar-refractivity contribution in [2.75, 3.05) is 39.8 Å². The second kappa shape index (κ2) is 10.5. The standard InChI is InChI=1S/C28H32F3N3O3/c1-32(27(36)26(34-13-2-4-25(34)35)19-6-8-23(30)24(31)16-19)11-3-12-33-14-9-28(10-15-33)22-17-21(29)7-5-20(22)18-37-28/h5-8,16-17,26H,2-4,9-15,18H2,1H3. The Bertz CT molecular complexity index is 1180. The van der Waals surface area contributed by atoms with Gasteiger partial charge in [-0.3, -0.25) is 9.59 Å². The Morgan fingerprint density at radius 1 is 1.08 bits per heavy atom. The van der Waals surface area contributed by atoms with Crippen molar-refractivity contribution in [3.63, 3.8) is 0 Å². The second-order valence-corrected chi connectivity index (χ2v) is 10.3. The maximum absolute atomic E-state index is 14.0. The monoisotopic (exact) mass is 515 g/mol. The molecular weight excluding hydrogens is 483 g/mol. The summed E-state index contributed by atoms with van der Waals surface area (Å²) in [7, 11) is 1.68. The van der Waals surface area contributed by atoms with Crippen molar-refractivity contribution in [2.24, 2.45) is 0 Å². The van der Waals surface area contributed by atoms with Crippen LogP contribution in [0.3, 0.4) is 0 Å². The summed E-state index contributed by atoms with van der Waals surface area (Å²) in [6.07, 6.45) is 3.27. The number of benzene rings is 2. The van der Waals surface area contributed by atoms with E-state index >= 15 is 0 Å². The molecule has 37 heavy (non-hydrogen) atoms. The zero-order chi connectivity index (χ0) is 26.2. The van der Waals surface area contributed by atoms with Crippen molar-refractivity contribution in [2.45, 2.75) is 50.4 Å². The summed E-state index contributed by atoms with van der Waals surface area (Å²) >= 11 is 0. The maximum Gasteiger partial charge on any atom is 0.249 e. The van der Waals surface area contributed by atoms with Gasteiger partial charge in [-0.05, 0) is 73.2 Å². The van der Waals surface area contributed by atoms with Crippen molar-refractivity contribution >= 4 is 11.8 Å². The highest BCUT2D eigenvalue weighted by molar-refractivity contribution is 5.89. The fraction of sp³-hybridized carbons (Fsp3) is 0.500. The summed E-state index contributed by atoms with van der Waals surface area (Å²) in [5.74, 6) is -2.73. The van der Waals surface area contributed by atoms with Crippen LogP contribution in [0.1, 0.15) is 54.8 Å². The predicted molar refractivity (Wildman–Crippen MR) is 131 cm³/mol. The largest absolute Gasteiger partial charge is 0.365 e. The molecule has 3 heterocycles. The Kier molecular flexibility index (Phi) is 7.27. The Morgan fingerprint density at radius 3 is 2.57 bits per heavy atom. The Balaban J connectivity index is 1.17. The Labute approximate surface area is 215 Å². The molecule has 9 heteroatoms. The van der Waals surface area contributed by atoms with E-state index in [9.17, 15) is 22.8 Å². The minimum atomic E-state index is -1.04. The van der Waals surface area contributed by atoms with E-state index in [4.69, 9.17) is 4.74 Å². The molecule has 1 spiro atoms. The van der Waals surface area contributed by atoms with Crippen molar-refractivity contribution in [1.82, 2.24) is 14.7 Å². The van der Waals surface area contributed by atoms with Crippen molar-refractivity contribution < 1.29 is 27.5 Å². The topological polar surface area (TPSA) is 53.1 Å². The number of halogens is 3. The molecule has 6 nitrogen and oxygen atoms in total. The quantitative estimate of drug-likeness (QED) is 0.557. The van der Waals surface area contributed by atoms with Gasteiger partial charge in [0.2, 0.25) is 11.8 Å². The van der Waals surface area contributed by atoms with Crippen LogP contribution in [0.15, 0.2) is 36.4 Å². The molecule has 0 N–H and O–H groups in total. The van der Waals surface area contributed by atoms with E-state index in [2.05, 4.69) is 4.90 Å². The Hall–Kier alpha value is -2.91. The number of hydrogen-bond acceptors (Lipinski definition) is 4. The number of likely N-dealkylation sites (tertiary alicyclic amines) is 2. The molecule has 0 aromatic heterocycles. The normalized spacial score (nSPS) is 19.9. The molecule has 2 aromatic rings. The molecule has 5 rings (SSSR count). The van der Waals surface area contributed by atoms with Crippen molar-refractivity contribution in [1.29, 1.82) is 0 Å². The van der Waals surface area contributed by atoms with Crippen LogP contribution in [0, 0.1) is 17.5 Å². The zero-order valence-electron chi connectivity index (χ0n) is 21.0. The number of nitrogens with zero attached hydrogens (tertiary/aromatic N) is 3. The van der Waals surface area contributed by atoms with Crippen molar-refractivity contribution in [3.05, 3.63) is 70.5 Å². The molecule has 2 aromatic carbocycles. The van der Waals surface area contributed by atoms with Crippen LogP contribution < -0.4 is 0 Å². The highest BCUT2D eigenvalue weighted by Crippen LogP contribution is 2.44. The number of likely N-dealkylation sites (N-methyl/N-ethyl adjacent to an activating group) is 1. The number of piperidine rings is 1. The lowest BCUT2D eigenvalue weighted by molar-refractivity contribution is -0.143. The van der Waals surface area contributed by atoms with Gasteiger partial charge in [0.15, 0.2) is 11.6 Å². The van der Waals surface area contributed by atoms with Gasteiger partial charge in [-0.2, -0.15) is 0 Å². The predicted octanol–water partition coefficient (Wildman–Crippen LogP) is 4.14. The molecule has 3 aliphatic rings. The average molecular weight is 516 g/mol. The summed E-state index contributed by atoms with van der Waals surface area (Å²) in [6, 6.07) is 7.30. The Morgan fingerprint density at radius 2 is 1.86 bits per heavy atom. The molecule has 3 aliphatic heterocycles. The molecule has 2 amide bonds. The molecule has 2 saturated heterocycles. The molecule has 2 fully saturated rings. The molecule has 0 aliphatic carbocycles. The van der Waals surface area contributed by atoms with E-state index in [0.29, 0.717) is 32.5 Å². The highest BCUT2D eigenvalue weighted by Gasteiger charge is 2.42. The molecular formula is C28H32F3N3O3. The first-order valence-electron chi connectivity index (χ1n) is 12.9. The molecule has 198 valence electrons. The van der Waals surface area contributed by atoms with Crippen LogP contribution in [0.25, 0.3) is 0 Å². The fourth-order valence-corrected chi connectivity index (χ4v) is 5.87. The van der Waals surface area contributed by atoms with Crippen LogP contribution in [-0.2, 0) is 26.5 Å². The van der Waals surface area contributed by atoms with Crippen LogP contribution in [-0.4, -0.2) is 66.3 Å². The van der Waals surface area contributed by atoms with E-state index in [1.54, 1.807) is 18.0 Å². The van der Waals surface area contributed by atoms with Gasteiger partial charge in [-0.25, -0.2) is 13.2 Å². The van der Waals surface area contributed by atoms with Crippen molar-refractivity contribution in [3.8, 4) is 0 Å². The lowest BCUT2D eigenvalue weighted by Crippen LogP contribution is -2.44. The van der Waals surface area contributed by atoms with Gasteiger partial charge < -0.3 is 19.4 Å². The summed E-state index contributed by atoms with van der Waals surface area (Å²) in [5, 5.41) is 0. The molecule has 0 saturated carbocycles. The van der Waals surface area contributed by atoms with E-state index in [1.165, 1.54) is 17.0 Å². The van der Waals surface area contributed by atoms with Gasteiger partial charge in [0.25, 0.3) is 0 Å². The fourth-order valence-electron chi connectivity index (χ4n) is 5.87. The third kappa shape index (κ3) is 5.11. The van der Waals surface area contributed by atoms with Crippen LogP contribution in [0.5, 0.6) is 0 Å². The second-order valence-electron chi connectivity index (χ2n) is 10.3. The minimum absolute atomic E-state index is 0.158. The van der Waals surface area contributed by atoms with E-state index in [1.807, 2.05) is 6.07 Å². The van der Waals surface area contributed by atoms with Gasteiger partial charge in [-0.15, -0.1) is 0 Å². The van der Waals surface area contributed by atoms with E-state index in [-0.39, 0.29) is 23.2 Å². The highest BCUT2D eigenvalue weighted by atomic mass is 19.2. The van der Waals surface area contributed by atoms with Crippen LogP contribution >= 0.6 is 0 Å². The van der Waals surface area contributed by atoms with Gasteiger partial charge in [0, 0.05) is 39.6 Å². The first kappa shape index (κ1) is 25.7. The lowest BCUT2D eigenvalue weighted by Gasteiger charge is -2.39. The zero-order valence-corrected chi connectivity index (χ0v) is 21.0. The maximum atomic E-state index is 14.0. The number of ether oxygens (including phenoxy) is 1. The van der Waals surface area contributed by atoms with Gasteiger partial charge in [0.05, 0.1) is 12.2 Å². The minimum Gasteiger partial charge on any atom is -0.365 e. The number of carbonyl (C=O) groups excluding carboxylic acids is 2. The number of fused-ring (bicyclic) bond motifs is 2. The molecule has 0 radical (unpaired) electrons. The number of carbonyl (C=O) groups is 2. The van der Waals surface area contributed by atoms with Gasteiger partial charge in [-0.1, -0.05) is 12.1 Å². The SMILES string of the molecule is CN(CCCN1CCC2(CC1)OCc1ccc(F)cc12)C(=O)C(c1ccc(F)c(F)c1)N1CCCC1=O. The summed E-state index contributed by atoms with van der Waals surface area (Å²) < 4.78 is 47.5. The van der Waals surface area contributed by atoms with Crippen LogP contribution in [0.2, 0.25) is 0 Å². The smallest absolute Gasteiger partial charge is 0.249 e. The van der Waals surface area contributed by atoms with Gasteiger partial charge in [0.1, 0.15) is 11.9 Å². The van der Waals surface area contributed by atoms with E-state index in [0.717, 1.165) is 62.2 Å². The van der Waals surface area contributed by atoms with Crippen LogP contribution in [0.4, 0.5) is 13.2 Å². The van der Waals surface area contributed by atoms with E-state index < -0.39 is 23.3 Å². The number of amides is 2. The van der Waals surface area contributed by atoms with Gasteiger partial charge >= 0.3 is 0 Å². The lowest BCUT2D eigenvalue weighted by atomic mass is 9.83. The average Bonchev–Trinajstić information content (AvgIpc) is 3.46. The summed E-state index contributed by atoms with van der Waals surface area (Å²) in [4.78, 5) is 31.2. The molecule has 1 unspecified atom stereocenters. The first-order valence-corrected chi connectivity index (χ1v) is 12.9. The summed E-state index contributed by atoms with van der Waals surface area (Å²) in [6.45, 7) is 3.80. The third-order valence-corrected chi connectivity index (χ3v) is 7.99. The summed E-state index contributed by atoms with van der Waals surface area (Å²) in [5.41, 5.74) is 1.89. The number of hydrogen-bond donors (Lipinski definition) is 0. The molecule has 0 bridgehead atoms. The molecule has 1 atom stereocenters.